The van der Waals surface area contributed by atoms with Crippen molar-refractivity contribution in [2.75, 3.05) is 18.9 Å². The lowest BCUT2D eigenvalue weighted by Crippen LogP contribution is -2.35. The minimum Gasteiger partial charge on any atom is -0.360 e. The summed E-state index contributed by atoms with van der Waals surface area (Å²) in [5.74, 6) is 1.06. The van der Waals surface area contributed by atoms with Gasteiger partial charge < -0.3 is 19.3 Å². The first-order valence-corrected chi connectivity index (χ1v) is 8.84. The van der Waals surface area contributed by atoms with E-state index < -0.39 is 0 Å². The Morgan fingerprint density at radius 2 is 1.93 bits per heavy atom. The summed E-state index contributed by atoms with van der Waals surface area (Å²) in [6.07, 6.45) is 0.406. The molecule has 146 valence electrons. The van der Waals surface area contributed by atoms with Crippen LogP contribution in [0.15, 0.2) is 39.4 Å². The van der Waals surface area contributed by atoms with E-state index in [1.54, 1.807) is 44.3 Å². The molecule has 0 aliphatic carbocycles. The standard InChI is InChI=1S/C18H18ClN5O4/c1-11-9-14(22-27-11)20-15(25)10-24(2)17(26)8-7-16-21-18(23-28-16)12-3-5-13(19)6-4-12/h3-6,9H,7-8,10H2,1-2H3,(H,20,22,25). The van der Waals surface area contributed by atoms with E-state index in [1.807, 2.05) is 0 Å². The second kappa shape index (κ2) is 8.66. The van der Waals surface area contributed by atoms with Crippen LogP contribution in [0.1, 0.15) is 18.1 Å². The molecule has 0 radical (unpaired) electrons. The summed E-state index contributed by atoms with van der Waals surface area (Å²) in [4.78, 5) is 29.8. The number of amides is 2. The Labute approximate surface area is 165 Å². The number of carbonyl (C=O) groups is 2. The van der Waals surface area contributed by atoms with Crippen molar-refractivity contribution < 1.29 is 18.6 Å². The normalized spacial score (nSPS) is 10.7. The molecule has 9 nitrogen and oxygen atoms in total. The van der Waals surface area contributed by atoms with Gasteiger partial charge in [-0.05, 0) is 31.2 Å². The molecule has 2 amide bonds. The number of carbonyl (C=O) groups excluding carboxylic acids is 2. The first kappa shape index (κ1) is 19.6. The van der Waals surface area contributed by atoms with Gasteiger partial charge in [0, 0.05) is 36.5 Å². The molecule has 0 fully saturated rings. The Hall–Kier alpha value is -3.20. The van der Waals surface area contributed by atoms with Gasteiger partial charge in [0.05, 0.1) is 6.54 Å². The number of nitrogens with zero attached hydrogens (tertiary/aromatic N) is 4. The van der Waals surface area contributed by atoms with E-state index in [1.165, 1.54) is 4.90 Å². The molecule has 0 unspecified atom stereocenters. The van der Waals surface area contributed by atoms with Crippen molar-refractivity contribution >= 4 is 29.2 Å². The van der Waals surface area contributed by atoms with E-state index in [0.717, 1.165) is 5.56 Å². The number of hydrogen-bond acceptors (Lipinski definition) is 7. The lowest BCUT2D eigenvalue weighted by Gasteiger charge is -2.15. The van der Waals surface area contributed by atoms with Crippen LogP contribution in [0.2, 0.25) is 5.02 Å². The number of rotatable bonds is 7. The monoisotopic (exact) mass is 403 g/mol. The summed E-state index contributed by atoms with van der Waals surface area (Å²) in [6.45, 7) is 1.61. The molecule has 0 saturated carbocycles. The number of anilines is 1. The number of halogens is 1. The second-order valence-corrected chi connectivity index (χ2v) is 6.58. The predicted molar refractivity (Wildman–Crippen MR) is 101 cm³/mol. The zero-order chi connectivity index (χ0) is 20.1. The van der Waals surface area contributed by atoms with E-state index >= 15 is 0 Å². The van der Waals surface area contributed by atoms with Crippen LogP contribution >= 0.6 is 11.6 Å². The molecule has 2 aromatic heterocycles. The largest absolute Gasteiger partial charge is 0.360 e. The van der Waals surface area contributed by atoms with E-state index in [-0.39, 0.29) is 31.2 Å². The maximum absolute atomic E-state index is 12.2. The van der Waals surface area contributed by atoms with Gasteiger partial charge in [-0.2, -0.15) is 4.98 Å². The van der Waals surface area contributed by atoms with Gasteiger partial charge in [0.1, 0.15) is 5.76 Å². The highest BCUT2D eigenvalue weighted by molar-refractivity contribution is 6.30. The molecule has 0 aliphatic rings. The Bertz CT molecular complexity index is 967. The first-order chi connectivity index (χ1) is 13.4. The van der Waals surface area contributed by atoms with Crippen LogP contribution in [0.25, 0.3) is 11.4 Å². The third kappa shape index (κ3) is 5.17. The fraction of sp³-hybridized carbons (Fsp3) is 0.278. The highest BCUT2D eigenvalue weighted by Crippen LogP contribution is 2.19. The first-order valence-electron chi connectivity index (χ1n) is 8.46. The van der Waals surface area contributed by atoms with Crippen molar-refractivity contribution in [3.63, 3.8) is 0 Å². The van der Waals surface area contributed by atoms with Gasteiger partial charge in [0.25, 0.3) is 0 Å². The molecule has 3 aromatic rings. The molecule has 28 heavy (non-hydrogen) atoms. The van der Waals surface area contributed by atoms with E-state index in [9.17, 15) is 9.59 Å². The molecule has 0 spiro atoms. The maximum atomic E-state index is 12.2. The average molecular weight is 404 g/mol. The van der Waals surface area contributed by atoms with Gasteiger partial charge in [-0.3, -0.25) is 9.59 Å². The van der Waals surface area contributed by atoms with Crippen molar-refractivity contribution in [2.45, 2.75) is 19.8 Å². The van der Waals surface area contributed by atoms with Gasteiger partial charge in [-0.1, -0.05) is 21.9 Å². The van der Waals surface area contributed by atoms with Gasteiger partial charge >= 0.3 is 0 Å². The molecular formula is C18H18ClN5O4. The smallest absolute Gasteiger partial charge is 0.245 e. The molecule has 0 atom stereocenters. The van der Waals surface area contributed by atoms with E-state index in [0.29, 0.717) is 28.3 Å². The molecule has 2 heterocycles. The highest BCUT2D eigenvalue weighted by atomic mass is 35.5. The summed E-state index contributed by atoms with van der Waals surface area (Å²) in [6, 6.07) is 8.62. The Morgan fingerprint density at radius 3 is 2.61 bits per heavy atom. The molecule has 10 heteroatoms. The van der Waals surface area contributed by atoms with Gasteiger partial charge in [0.2, 0.25) is 23.5 Å². The van der Waals surface area contributed by atoms with Crippen LogP contribution in [-0.4, -0.2) is 45.6 Å². The summed E-state index contributed by atoms with van der Waals surface area (Å²) in [7, 11) is 1.54. The fourth-order valence-corrected chi connectivity index (χ4v) is 2.51. The number of hydrogen-bond donors (Lipinski definition) is 1. The highest BCUT2D eigenvalue weighted by Gasteiger charge is 2.16. The zero-order valence-electron chi connectivity index (χ0n) is 15.3. The van der Waals surface area contributed by atoms with Crippen LogP contribution in [-0.2, 0) is 16.0 Å². The van der Waals surface area contributed by atoms with Gasteiger partial charge in [-0.25, -0.2) is 0 Å². The molecule has 1 N–H and O–H groups in total. The number of aromatic nitrogens is 3. The van der Waals surface area contributed by atoms with Crippen molar-refractivity contribution in [1.29, 1.82) is 0 Å². The lowest BCUT2D eigenvalue weighted by molar-refractivity contribution is -0.133. The summed E-state index contributed by atoms with van der Waals surface area (Å²) in [5.41, 5.74) is 0.766. The van der Waals surface area contributed by atoms with Crippen LogP contribution in [0.3, 0.4) is 0 Å². The topological polar surface area (TPSA) is 114 Å². The van der Waals surface area contributed by atoms with E-state index in [4.69, 9.17) is 20.6 Å². The fourth-order valence-electron chi connectivity index (χ4n) is 2.39. The average Bonchev–Trinajstić information content (AvgIpc) is 3.29. The van der Waals surface area contributed by atoms with Crippen molar-refractivity contribution in [2.24, 2.45) is 0 Å². The minimum absolute atomic E-state index is 0.107. The Kier molecular flexibility index (Phi) is 6.05. The summed E-state index contributed by atoms with van der Waals surface area (Å²) >= 11 is 5.86. The Morgan fingerprint density at radius 1 is 1.18 bits per heavy atom. The van der Waals surface area contributed by atoms with Crippen LogP contribution in [0.5, 0.6) is 0 Å². The summed E-state index contributed by atoms with van der Waals surface area (Å²) in [5, 5.41) is 10.7. The van der Waals surface area contributed by atoms with Crippen LogP contribution in [0, 0.1) is 6.92 Å². The number of nitrogens with one attached hydrogen (secondary N) is 1. The van der Waals surface area contributed by atoms with Crippen molar-refractivity contribution in [3.05, 3.63) is 47.0 Å². The predicted octanol–water partition coefficient (Wildman–Crippen LogP) is 2.72. The molecule has 1 aromatic carbocycles. The van der Waals surface area contributed by atoms with Crippen LogP contribution in [0.4, 0.5) is 5.82 Å². The molecular weight excluding hydrogens is 386 g/mol. The van der Waals surface area contributed by atoms with E-state index in [2.05, 4.69) is 20.6 Å². The maximum Gasteiger partial charge on any atom is 0.245 e. The molecule has 0 saturated heterocycles. The second-order valence-electron chi connectivity index (χ2n) is 6.14. The lowest BCUT2D eigenvalue weighted by atomic mass is 10.2. The zero-order valence-corrected chi connectivity index (χ0v) is 16.1. The van der Waals surface area contributed by atoms with Gasteiger partial charge in [-0.15, -0.1) is 0 Å². The van der Waals surface area contributed by atoms with Crippen molar-refractivity contribution in [1.82, 2.24) is 20.2 Å². The summed E-state index contributed by atoms with van der Waals surface area (Å²) < 4.78 is 10.0. The van der Waals surface area contributed by atoms with Crippen molar-refractivity contribution in [3.8, 4) is 11.4 Å². The third-order valence-electron chi connectivity index (χ3n) is 3.83. The molecule has 0 bridgehead atoms. The number of aryl methyl sites for hydroxylation is 2. The minimum atomic E-state index is -0.369. The Balaban J connectivity index is 1.48. The molecule has 3 rings (SSSR count). The van der Waals surface area contributed by atoms with Crippen LogP contribution < -0.4 is 5.32 Å². The number of benzene rings is 1. The van der Waals surface area contributed by atoms with Gasteiger partial charge in [0.15, 0.2) is 5.82 Å². The number of likely N-dealkylation sites (N-methyl/N-ethyl adjacent to an activating group) is 1. The molecule has 0 aliphatic heterocycles. The quantitative estimate of drug-likeness (QED) is 0.644. The SMILES string of the molecule is Cc1cc(NC(=O)CN(C)C(=O)CCc2nc(-c3ccc(Cl)cc3)no2)no1. The third-order valence-corrected chi connectivity index (χ3v) is 4.08.